The van der Waals surface area contributed by atoms with E-state index in [4.69, 9.17) is 56.8 Å². The van der Waals surface area contributed by atoms with Gasteiger partial charge in [0, 0.05) is 48.5 Å². The fraction of sp³-hybridized carbons (Fsp3) is 0.781. The second-order valence-corrected chi connectivity index (χ2v) is 12.5. The minimum Gasteiger partial charge on any atom is -0.463 e. The van der Waals surface area contributed by atoms with Gasteiger partial charge >= 0.3 is 41.8 Å². The number of hydrogen-bond acceptors (Lipinski definition) is 23. The van der Waals surface area contributed by atoms with Crippen LogP contribution in [0.1, 0.15) is 48.5 Å². The van der Waals surface area contributed by atoms with Gasteiger partial charge in [-0.3, -0.25) is 33.6 Å². The summed E-state index contributed by atoms with van der Waals surface area (Å²) in [6, 6.07) is 0. The molecule has 23 heteroatoms. The van der Waals surface area contributed by atoms with Crippen molar-refractivity contribution < 1.29 is 111 Å². The summed E-state index contributed by atoms with van der Waals surface area (Å²) in [6.45, 7) is 4.72. The Morgan fingerprint density at radius 2 is 0.800 bits per heavy atom. The summed E-state index contributed by atoms with van der Waals surface area (Å²) in [5.74, 6) is -6.55. The van der Waals surface area contributed by atoms with Crippen LogP contribution in [0.4, 0.5) is 0 Å². The van der Waals surface area contributed by atoms with Gasteiger partial charge in [-0.1, -0.05) is 0 Å². The molecule has 3 fully saturated rings. The largest absolute Gasteiger partial charge is 0.463 e. The van der Waals surface area contributed by atoms with Crippen molar-refractivity contribution in [1.29, 1.82) is 0 Å². The molecule has 3 aliphatic heterocycles. The highest BCUT2D eigenvalue weighted by molar-refractivity contribution is 5.69. The van der Waals surface area contributed by atoms with E-state index in [-0.39, 0.29) is 0 Å². The van der Waals surface area contributed by atoms with Crippen molar-refractivity contribution in [2.45, 2.75) is 141 Å². The lowest BCUT2D eigenvalue weighted by atomic mass is 9.95. The molecular weight excluding hydrogens is 752 g/mol. The molecule has 0 spiro atoms. The van der Waals surface area contributed by atoms with Crippen LogP contribution < -0.4 is 0 Å². The predicted molar refractivity (Wildman–Crippen MR) is 168 cm³/mol. The number of carbonyl (C=O) groups is 7. The maximum atomic E-state index is 12.6. The summed E-state index contributed by atoms with van der Waals surface area (Å²) < 4.78 is 66.8. The number of carbonyl (C=O) groups excluding carboxylic acids is 7. The molecule has 15 atom stereocenters. The Balaban J connectivity index is 2.18. The van der Waals surface area contributed by atoms with Gasteiger partial charge in [-0.2, -0.15) is 0 Å². The van der Waals surface area contributed by atoms with E-state index in [1.807, 2.05) is 0 Å². The Bertz CT molecular complexity index is 1390. The van der Waals surface area contributed by atoms with Crippen molar-refractivity contribution in [3.63, 3.8) is 0 Å². The standard InChI is InChI=1S/C32H46O23/c1-11(34)44-9-19-24(46-13(3)36)26(47-14(4)37)28(49-16(6)39)32(52-19)55-25-20(10-45-12(2)35)53-31(29(50-17(7)40)27(25)48-15(5)38)54-23-18(8-33)51-30(43)22(42)21(23)41/h18-33,41-43H,8-10H2,1-7H3/t18-,19-,20-,21-,22-,23-,24-,25-,26+,27+,28-,29-,30?,31+,32+/m1/s1. The van der Waals surface area contributed by atoms with Crippen molar-refractivity contribution in [2.24, 2.45) is 0 Å². The molecule has 0 amide bonds. The van der Waals surface area contributed by atoms with E-state index in [9.17, 15) is 54.0 Å². The van der Waals surface area contributed by atoms with Crippen LogP contribution >= 0.6 is 0 Å². The van der Waals surface area contributed by atoms with Gasteiger partial charge in [-0.05, 0) is 0 Å². The van der Waals surface area contributed by atoms with Crippen LogP contribution in [-0.2, 0) is 90.4 Å². The van der Waals surface area contributed by atoms with Crippen molar-refractivity contribution >= 4 is 41.8 Å². The molecule has 0 aromatic rings. The number of hydrogen-bond donors (Lipinski definition) is 4. The molecule has 3 rings (SSSR count). The van der Waals surface area contributed by atoms with Gasteiger partial charge in [0.2, 0.25) is 0 Å². The molecule has 1 unspecified atom stereocenters. The normalized spacial score (nSPS) is 36.0. The summed E-state index contributed by atoms with van der Waals surface area (Å²) in [5, 5.41) is 41.0. The highest BCUT2D eigenvalue weighted by atomic mass is 16.8. The second-order valence-electron chi connectivity index (χ2n) is 12.5. The van der Waals surface area contributed by atoms with Crippen molar-refractivity contribution in [1.82, 2.24) is 0 Å². The minimum atomic E-state index is -1.97. The van der Waals surface area contributed by atoms with Crippen molar-refractivity contribution in [2.75, 3.05) is 19.8 Å². The topological polar surface area (TPSA) is 311 Å². The van der Waals surface area contributed by atoms with Crippen molar-refractivity contribution in [3.8, 4) is 0 Å². The summed E-state index contributed by atoms with van der Waals surface area (Å²) in [4.78, 5) is 85.8. The molecule has 4 N–H and O–H groups in total. The van der Waals surface area contributed by atoms with E-state index in [0.717, 1.165) is 48.5 Å². The summed E-state index contributed by atoms with van der Waals surface area (Å²) in [5.41, 5.74) is 0. The SMILES string of the molecule is CC(=O)OC[C@H]1O[C@@H](O[C@H]2[C@H](OC(C)=O)[C@@H](OC(C)=O)[C@H](O[C@H]3[C@H](O)[C@@H](O)C(O)O[C@@H]3CO)O[C@@H]2COC(C)=O)[C@H](OC(C)=O)[C@@H](OC(C)=O)[C@@H]1OC(C)=O. The summed E-state index contributed by atoms with van der Waals surface area (Å²) in [7, 11) is 0. The van der Waals surface area contributed by atoms with E-state index < -0.39 is 154 Å². The number of rotatable bonds is 14. The van der Waals surface area contributed by atoms with Crippen LogP contribution in [0.3, 0.4) is 0 Å². The Morgan fingerprint density at radius 3 is 1.20 bits per heavy atom. The third-order valence-corrected chi connectivity index (χ3v) is 8.02. The molecule has 3 heterocycles. The third kappa shape index (κ3) is 12.5. The number of ether oxygens (including phenoxy) is 12. The first kappa shape index (κ1) is 45.3. The lowest BCUT2D eigenvalue weighted by Gasteiger charge is -2.49. The summed E-state index contributed by atoms with van der Waals surface area (Å²) >= 11 is 0. The van der Waals surface area contributed by atoms with E-state index in [0.29, 0.717) is 0 Å². The van der Waals surface area contributed by atoms with Gasteiger partial charge in [0.1, 0.15) is 55.9 Å². The molecule has 0 saturated carbocycles. The maximum Gasteiger partial charge on any atom is 0.303 e. The first-order valence-electron chi connectivity index (χ1n) is 16.8. The van der Waals surface area contributed by atoms with Crippen LogP contribution in [0, 0.1) is 0 Å². The number of aliphatic hydroxyl groups is 4. The predicted octanol–water partition coefficient (Wildman–Crippen LogP) is -3.58. The fourth-order valence-corrected chi connectivity index (χ4v) is 5.97. The minimum absolute atomic E-state index is 0.645. The van der Waals surface area contributed by atoms with E-state index >= 15 is 0 Å². The molecule has 55 heavy (non-hydrogen) atoms. The van der Waals surface area contributed by atoms with Gasteiger partial charge < -0.3 is 77.3 Å². The molecule has 0 bridgehead atoms. The highest BCUT2D eigenvalue weighted by Crippen LogP contribution is 2.37. The van der Waals surface area contributed by atoms with E-state index in [1.54, 1.807) is 0 Å². The van der Waals surface area contributed by atoms with Gasteiger partial charge in [0.15, 0.2) is 49.4 Å². The van der Waals surface area contributed by atoms with E-state index in [1.165, 1.54) is 0 Å². The van der Waals surface area contributed by atoms with Crippen LogP contribution in [0.2, 0.25) is 0 Å². The molecule has 0 aromatic carbocycles. The molecular formula is C32H46O23. The Labute approximate surface area is 313 Å². The lowest BCUT2D eigenvalue weighted by molar-refractivity contribution is -0.378. The second kappa shape index (κ2) is 20.2. The molecule has 3 saturated heterocycles. The molecule has 3 aliphatic rings. The molecule has 0 aliphatic carbocycles. The van der Waals surface area contributed by atoms with Gasteiger partial charge in [-0.25, -0.2) is 0 Å². The fourth-order valence-electron chi connectivity index (χ4n) is 5.97. The molecule has 23 nitrogen and oxygen atoms in total. The Kier molecular flexibility index (Phi) is 16.6. The molecule has 0 radical (unpaired) electrons. The zero-order chi connectivity index (χ0) is 41.3. The van der Waals surface area contributed by atoms with Crippen LogP contribution in [0.5, 0.6) is 0 Å². The highest BCUT2D eigenvalue weighted by Gasteiger charge is 2.59. The van der Waals surface area contributed by atoms with Crippen LogP contribution in [-0.4, -0.2) is 174 Å². The molecule has 0 aromatic heterocycles. The Hall–Kier alpha value is -4.07. The monoisotopic (exact) mass is 798 g/mol. The van der Waals surface area contributed by atoms with Crippen LogP contribution in [0.15, 0.2) is 0 Å². The quantitative estimate of drug-likeness (QED) is 0.0975. The maximum absolute atomic E-state index is 12.6. The first-order valence-corrected chi connectivity index (χ1v) is 16.8. The lowest BCUT2D eigenvalue weighted by Crippen LogP contribution is -2.68. The van der Waals surface area contributed by atoms with Gasteiger partial charge in [0.25, 0.3) is 0 Å². The first-order chi connectivity index (χ1) is 25.7. The molecule has 312 valence electrons. The number of aliphatic hydroxyl groups excluding tert-OH is 4. The zero-order valence-electron chi connectivity index (χ0n) is 30.8. The zero-order valence-corrected chi connectivity index (χ0v) is 30.8. The van der Waals surface area contributed by atoms with Gasteiger partial charge in [-0.15, -0.1) is 0 Å². The smallest absolute Gasteiger partial charge is 0.303 e. The average molecular weight is 799 g/mol. The van der Waals surface area contributed by atoms with Crippen molar-refractivity contribution in [3.05, 3.63) is 0 Å². The third-order valence-electron chi connectivity index (χ3n) is 8.02. The van der Waals surface area contributed by atoms with Crippen LogP contribution in [0.25, 0.3) is 0 Å². The number of esters is 7. The average Bonchev–Trinajstić information content (AvgIpc) is 3.06. The summed E-state index contributed by atoms with van der Waals surface area (Å²) in [6.07, 6.45) is -26.6. The Morgan fingerprint density at radius 1 is 0.436 bits per heavy atom. The van der Waals surface area contributed by atoms with E-state index in [2.05, 4.69) is 0 Å². The van der Waals surface area contributed by atoms with Gasteiger partial charge in [0.05, 0.1) is 6.61 Å².